The Morgan fingerprint density at radius 2 is 2.28 bits per heavy atom. The number of rotatable bonds is 1. The first-order valence-electron chi connectivity index (χ1n) is 6.09. The van der Waals surface area contributed by atoms with Crippen LogP contribution in [0.25, 0.3) is 0 Å². The lowest BCUT2D eigenvalue weighted by Gasteiger charge is -2.26. The number of halogens is 1. The van der Waals surface area contributed by atoms with E-state index >= 15 is 0 Å². The molecule has 1 aliphatic carbocycles. The molecule has 0 bridgehead atoms. The Morgan fingerprint density at radius 1 is 1.56 bits per heavy atom. The second kappa shape index (κ2) is 5.21. The van der Waals surface area contributed by atoms with Crippen LogP contribution in [-0.2, 0) is 17.6 Å². The fourth-order valence-corrected chi connectivity index (χ4v) is 3.65. The van der Waals surface area contributed by atoms with Crippen molar-refractivity contribution in [3.8, 4) is 0 Å². The maximum atomic E-state index is 11.7. The molecule has 0 radical (unpaired) electrons. The highest BCUT2D eigenvalue weighted by atomic mass is 79.9. The van der Waals surface area contributed by atoms with E-state index in [-0.39, 0.29) is 12.1 Å². The van der Waals surface area contributed by atoms with Crippen molar-refractivity contribution in [2.45, 2.75) is 51.7 Å². The topological polar surface area (TPSA) is 38.3 Å². The average molecular weight is 332 g/mol. The number of thiophene rings is 1. The molecule has 0 spiro atoms. The Labute approximate surface area is 120 Å². The van der Waals surface area contributed by atoms with Gasteiger partial charge in [0, 0.05) is 6.04 Å². The molecule has 0 aromatic carbocycles. The fraction of sp³-hybridized carbons (Fsp3) is 0.615. The van der Waals surface area contributed by atoms with Gasteiger partial charge in [0.25, 0.3) is 0 Å². The number of carbonyl (C=O) groups excluding carboxylic acids is 1. The van der Waals surface area contributed by atoms with Crippen molar-refractivity contribution in [1.82, 2.24) is 5.32 Å². The lowest BCUT2D eigenvalue weighted by Crippen LogP contribution is -2.41. The van der Waals surface area contributed by atoms with Gasteiger partial charge in [-0.3, -0.25) is 0 Å². The number of ether oxygens (including phenoxy) is 1. The minimum Gasteiger partial charge on any atom is -0.444 e. The van der Waals surface area contributed by atoms with Crippen LogP contribution in [0.15, 0.2) is 9.17 Å². The van der Waals surface area contributed by atoms with E-state index in [4.69, 9.17) is 4.74 Å². The van der Waals surface area contributed by atoms with E-state index in [9.17, 15) is 4.79 Å². The van der Waals surface area contributed by atoms with Gasteiger partial charge >= 0.3 is 6.09 Å². The van der Waals surface area contributed by atoms with Crippen LogP contribution in [0.3, 0.4) is 0 Å². The molecule has 1 N–H and O–H groups in total. The van der Waals surface area contributed by atoms with Gasteiger partial charge in [-0.25, -0.2) is 4.79 Å². The summed E-state index contributed by atoms with van der Waals surface area (Å²) in [6, 6.07) is 0.179. The van der Waals surface area contributed by atoms with Gasteiger partial charge in [-0.15, -0.1) is 11.3 Å². The molecule has 2 rings (SSSR count). The highest BCUT2D eigenvalue weighted by Gasteiger charge is 2.25. The number of amides is 1. The standard InChI is InChI=1S/C13H18BrNO2S/c1-13(2,3)17-12(16)15-9-5-4-8-7-18-11(14)10(8)6-9/h7,9H,4-6H2,1-3H3,(H,15,16). The van der Waals surface area contributed by atoms with E-state index < -0.39 is 5.60 Å². The van der Waals surface area contributed by atoms with Crippen molar-refractivity contribution in [2.24, 2.45) is 0 Å². The van der Waals surface area contributed by atoms with Crippen LogP contribution < -0.4 is 5.32 Å². The van der Waals surface area contributed by atoms with Crippen molar-refractivity contribution in [3.63, 3.8) is 0 Å². The number of alkyl carbamates (subject to hydrolysis) is 1. The molecule has 100 valence electrons. The fourth-order valence-electron chi connectivity index (χ4n) is 2.09. The van der Waals surface area contributed by atoms with Gasteiger partial charge in [0.1, 0.15) is 5.60 Å². The number of fused-ring (bicyclic) bond motifs is 1. The Morgan fingerprint density at radius 3 is 2.94 bits per heavy atom. The lowest BCUT2D eigenvalue weighted by molar-refractivity contribution is 0.0500. The lowest BCUT2D eigenvalue weighted by atomic mass is 9.92. The summed E-state index contributed by atoms with van der Waals surface area (Å²) in [5.74, 6) is 0. The van der Waals surface area contributed by atoms with E-state index in [2.05, 4.69) is 26.6 Å². The summed E-state index contributed by atoms with van der Waals surface area (Å²) >= 11 is 5.29. The first-order valence-corrected chi connectivity index (χ1v) is 7.76. The Bertz CT molecular complexity index is 450. The molecular formula is C13H18BrNO2S. The summed E-state index contributed by atoms with van der Waals surface area (Å²) in [5, 5.41) is 5.15. The summed E-state index contributed by atoms with van der Waals surface area (Å²) in [7, 11) is 0. The van der Waals surface area contributed by atoms with E-state index in [1.165, 1.54) is 14.9 Å². The molecule has 5 heteroatoms. The van der Waals surface area contributed by atoms with Gasteiger partial charge < -0.3 is 10.1 Å². The van der Waals surface area contributed by atoms with Gasteiger partial charge in [0.05, 0.1) is 3.79 Å². The Kier molecular flexibility index (Phi) is 4.02. The molecule has 18 heavy (non-hydrogen) atoms. The van der Waals surface area contributed by atoms with Crippen molar-refractivity contribution in [2.75, 3.05) is 0 Å². The van der Waals surface area contributed by atoms with Gasteiger partial charge in [-0.05, 0) is 72.5 Å². The monoisotopic (exact) mass is 331 g/mol. The van der Waals surface area contributed by atoms with Crippen molar-refractivity contribution >= 4 is 33.4 Å². The molecule has 1 heterocycles. The van der Waals surface area contributed by atoms with Crippen molar-refractivity contribution < 1.29 is 9.53 Å². The quantitative estimate of drug-likeness (QED) is 0.847. The molecule has 1 aromatic heterocycles. The second-order valence-corrected chi connectivity index (χ2v) is 7.80. The molecule has 0 fully saturated rings. The normalized spacial score (nSPS) is 19.2. The minimum atomic E-state index is -0.438. The summed E-state index contributed by atoms with van der Waals surface area (Å²) in [4.78, 5) is 11.7. The average Bonchev–Trinajstić information content (AvgIpc) is 2.57. The van der Waals surface area contributed by atoms with E-state index in [1.54, 1.807) is 11.3 Å². The molecule has 0 aliphatic heterocycles. The molecule has 0 saturated heterocycles. The summed E-state index contributed by atoms with van der Waals surface area (Å²) < 4.78 is 6.47. The van der Waals surface area contributed by atoms with Gasteiger partial charge in [0.15, 0.2) is 0 Å². The van der Waals surface area contributed by atoms with Crippen LogP contribution >= 0.6 is 27.3 Å². The second-order valence-electron chi connectivity index (χ2n) is 5.60. The maximum Gasteiger partial charge on any atom is 0.407 e. The van der Waals surface area contributed by atoms with Crippen molar-refractivity contribution in [1.29, 1.82) is 0 Å². The largest absolute Gasteiger partial charge is 0.444 e. The third kappa shape index (κ3) is 3.48. The smallest absolute Gasteiger partial charge is 0.407 e. The summed E-state index contributed by atoms with van der Waals surface area (Å²) in [6.45, 7) is 5.63. The van der Waals surface area contributed by atoms with Crippen LogP contribution in [-0.4, -0.2) is 17.7 Å². The molecule has 1 aromatic rings. The van der Waals surface area contributed by atoms with Gasteiger partial charge in [-0.2, -0.15) is 0 Å². The summed E-state index contributed by atoms with van der Waals surface area (Å²) in [6.07, 6.45) is 2.58. The molecule has 1 aliphatic rings. The van der Waals surface area contributed by atoms with Gasteiger partial charge in [0.2, 0.25) is 0 Å². The Balaban J connectivity index is 1.94. The molecule has 1 amide bonds. The van der Waals surface area contributed by atoms with E-state index in [1.807, 2.05) is 20.8 Å². The Hall–Kier alpha value is -0.550. The van der Waals surface area contributed by atoms with E-state index in [0.29, 0.717) is 0 Å². The molecule has 0 saturated carbocycles. The van der Waals surface area contributed by atoms with Gasteiger partial charge in [-0.1, -0.05) is 0 Å². The van der Waals surface area contributed by atoms with Crippen LogP contribution in [0.1, 0.15) is 38.3 Å². The van der Waals surface area contributed by atoms with Crippen LogP contribution in [0.4, 0.5) is 4.79 Å². The summed E-state index contributed by atoms with van der Waals surface area (Å²) in [5.41, 5.74) is 2.31. The third-order valence-corrected chi connectivity index (χ3v) is 4.76. The SMILES string of the molecule is CC(C)(C)OC(=O)NC1CCc2csc(Br)c2C1. The zero-order chi connectivity index (χ0) is 13.3. The molecular weight excluding hydrogens is 314 g/mol. The number of nitrogens with one attached hydrogen (secondary N) is 1. The zero-order valence-electron chi connectivity index (χ0n) is 10.9. The van der Waals surface area contributed by atoms with Crippen LogP contribution in [0, 0.1) is 0 Å². The van der Waals surface area contributed by atoms with Crippen LogP contribution in [0.2, 0.25) is 0 Å². The number of aryl methyl sites for hydroxylation is 1. The third-order valence-electron chi connectivity index (χ3n) is 2.86. The van der Waals surface area contributed by atoms with Crippen molar-refractivity contribution in [3.05, 3.63) is 20.3 Å². The molecule has 1 unspecified atom stereocenters. The minimum absolute atomic E-state index is 0.179. The maximum absolute atomic E-state index is 11.7. The van der Waals surface area contributed by atoms with E-state index in [0.717, 1.165) is 19.3 Å². The first-order chi connectivity index (χ1) is 8.35. The highest BCUT2D eigenvalue weighted by molar-refractivity contribution is 9.11. The number of hydrogen-bond acceptors (Lipinski definition) is 3. The predicted molar refractivity (Wildman–Crippen MR) is 77.2 cm³/mol. The zero-order valence-corrected chi connectivity index (χ0v) is 13.3. The predicted octanol–water partition coefficient (Wildman–Crippen LogP) is 3.89. The van der Waals surface area contributed by atoms with Crippen LogP contribution in [0.5, 0.6) is 0 Å². The molecule has 1 atom stereocenters. The number of hydrogen-bond donors (Lipinski definition) is 1. The highest BCUT2D eigenvalue weighted by Crippen LogP contribution is 2.33. The first kappa shape index (κ1) is 13.9. The molecule has 3 nitrogen and oxygen atoms in total. The number of carbonyl (C=O) groups is 1.